The molecular weight excluding hydrogens is 494 g/mol. The number of amides is 1. The van der Waals surface area contributed by atoms with Crippen molar-refractivity contribution in [2.24, 2.45) is 5.92 Å². The van der Waals surface area contributed by atoms with Crippen molar-refractivity contribution in [3.05, 3.63) is 64.4 Å². The molecule has 1 heterocycles. The first-order valence-electron chi connectivity index (χ1n) is 8.87. The van der Waals surface area contributed by atoms with Crippen LogP contribution in [0.1, 0.15) is 6.92 Å². The number of carbonyl (C=O) groups excluding carboxylic acids is 1. The standard InChI is InChI=1S/C20H19BrClN3O4S/c1-13(11-25-12-14(21)10-23-25)20(26)24-16-7-17(29-2)9-19(8-16)30(27,28)18-5-3-15(22)4-6-18/h3-10,12-13H,11H2,1-2H3,(H,24,26). The molecule has 0 saturated heterocycles. The second kappa shape index (κ2) is 9.20. The topological polar surface area (TPSA) is 90.3 Å². The number of aromatic nitrogens is 2. The third kappa shape index (κ3) is 5.21. The minimum atomic E-state index is -3.82. The van der Waals surface area contributed by atoms with Crippen molar-refractivity contribution in [3.8, 4) is 5.75 Å². The van der Waals surface area contributed by atoms with Crippen molar-refractivity contribution in [3.63, 3.8) is 0 Å². The van der Waals surface area contributed by atoms with E-state index in [-0.39, 0.29) is 15.7 Å². The van der Waals surface area contributed by atoms with Crippen molar-refractivity contribution in [2.75, 3.05) is 12.4 Å². The number of anilines is 1. The Morgan fingerprint density at radius 1 is 1.23 bits per heavy atom. The maximum Gasteiger partial charge on any atom is 0.229 e. The number of halogens is 2. The van der Waals surface area contributed by atoms with Crippen molar-refractivity contribution in [1.29, 1.82) is 0 Å². The van der Waals surface area contributed by atoms with Crippen LogP contribution in [0.15, 0.2) is 69.1 Å². The fourth-order valence-corrected chi connectivity index (χ4v) is 4.51. The van der Waals surface area contributed by atoms with Crippen LogP contribution in [0.3, 0.4) is 0 Å². The van der Waals surface area contributed by atoms with E-state index < -0.39 is 15.8 Å². The Labute approximate surface area is 188 Å². The highest BCUT2D eigenvalue weighted by atomic mass is 79.9. The second-order valence-corrected chi connectivity index (χ2v) is 9.93. The number of hydrogen-bond donors (Lipinski definition) is 1. The van der Waals surface area contributed by atoms with Gasteiger partial charge in [-0.3, -0.25) is 9.48 Å². The van der Waals surface area contributed by atoms with Gasteiger partial charge in [0, 0.05) is 23.0 Å². The first-order chi connectivity index (χ1) is 14.2. The van der Waals surface area contributed by atoms with Gasteiger partial charge in [-0.1, -0.05) is 18.5 Å². The highest BCUT2D eigenvalue weighted by Gasteiger charge is 2.21. The zero-order chi connectivity index (χ0) is 21.9. The molecule has 0 spiro atoms. The molecule has 0 saturated carbocycles. The quantitative estimate of drug-likeness (QED) is 0.506. The lowest BCUT2D eigenvalue weighted by atomic mass is 10.1. The van der Waals surface area contributed by atoms with Gasteiger partial charge in [0.1, 0.15) is 5.75 Å². The smallest absolute Gasteiger partial charge is 0.229 e. The van der Waals surface area contributed by atoms with Crippen LogP contribution >= 0.6 is 27.5 Å². The molecule has 1 aromatic heterocycles. The summed E-state index contributed by atoms with van der Waals surface area (Å²) in [5, 5.41) is 7.33. The van der Waals surface area contributed by atoms with Crippen LogP contribution < -0.4 is 10.1 Å². The van der Waals surface area contributed by atoms with Crippen LogP contribution in [0.2, 0.25) is 5.02 Å². The minimum Gasteiger partial charge on any atom is -0.497 e. The molecule has 1 N–H and O–H groups in total. The number of carbonyl (C=O) groups is 1. The van der Waals surface area contributed by atoms with E-state index in [1.807, 2.05) is 0 Å². The number of hydrogen-bond acceptors (Lipinski definition) is 5. The molecule has 158 valence electrons. The predicted molar refractivity (Wildman–Crippen MR) is 118 cm³/mol. The molecule has 0 radical (unpaired) electrons. The molecule has 0 aliphatic heterocycles. The first-order valence-corrected chi connectivity index (χ1v) is 11.5. The Bertz CT molecular complexity index is 1160. The normalized spacial score (nSPS) is 12.4. The van der Waals surface area contributed by atoms with Gasteiger partial charge in [0.2, 0.25) is 15.7 Å². The summed E-state index contributed by atoms with van der Waals surface area (Å²) < 4.78 is 33.7. The molecule has 3 rings (SSSR count). The van der Waals surface area contributed by atoms with E-state index in [2.05, 4.69) is 26.3 Å². The Kier molecular flexibility index (Phi) is 6.84. The van der Waals surface area contributed by atoms with E-state index in [1.54, 1.807) is 30.1 Å². The molecule has 3 aromatic rings. The highest BCUT2D eigenvalue weighted by molar-refractivity contribution is 9.10. The molecule has 1 amide bonds. The highest BCUT2D eigenvalue weighted by Crippen LogP contribution is 2.29. The van der Waals surface area contributed by atoms with E-state index >= 15 is 0 Å². The molecule has 0 aliphatic rings. The third-order valence-corrected chi connectivity index (χ3v) is 6.74. The van der Waals surface area contributed by atoms with Crippen molar-refractivity contribution in [2.45, 2.75) is 23.3 Å². The molecule has 0 fully saturated rings. The van der Waals surface area contributed by atoms with Crippen LogP contribution in [0, 0.1) is 5.92 Å². The number of methoxy groups -OCH3 is 1. The first kappa shape index (κ1) is 22.3. The summed E-state index contributed by atoms with van der Waals surface area (Å²) in [6.07, 6.45) is 3.41. The second-order valence-electron chi connectivity index (χ2n) is 6.63. The van der Waals surface area contributed by atoms with E-state index in [4.69, 9.17) is 16.3 Å². The van der Waals surface area contributed by atoms with E-state index in [0.29, 0.717) is 23.0 Å². The summed E-state index contributed by atoms with van der Waals surface area (Å²) in [4.78, 5) is 12.7. The molecule has 1 unspecified atom stereocenters. The summed E-state index contributed by atoms with van der Waals surface area (Å²) in [6.45, 7) is 2.13. The Morgan fingerprint density at radius 2 is 1.93 bits per heavy atom. The van der Waals surface area contributed by atoms with Gasteiger partial charge in [0.15, 0.2) is 0 Å². The van der Waals surface area contributed by atoms with Crippen LogP contribution in [0.25, 0.3) is 0 Å². The van der Waals surface area contributed by atoms with Crippen LogP contribution in [-0.2, 0) is 21.2 Å². The minimum absolute atomic E-state index is 0.00290. The largest absolute Gasteiger partial charge is 0.497 e. The number of rotatable bonds is 7. The Morgan fingerprint density at radius 3 is 2.53 bits per heavy atom. The van der Waals surface area contributed by atoms with Crippen molar-refractivity contribution in [1.82, 2.24) is 9.78 Å². The zero-order valence-corrected chi connectivity index (χ0v) is 19.3. The summed E-state index contributed by atoms with van der Waals surface area (Å²) >= 11 is 9.17. The number of nitrogens with one attached hydrogen (secondary N) is 1. The lowest BCUT2D eigenvalue weighted by molar-refractivity contribution is -0.119. The van der Waals surface area contributed by atoms with Gasteiger partial charge in [-0.15, -0.1) is 0 Å². The molecule has 10 heteroatoms. The number of ether oxygens (including phenoxy) is 1. The zero-order valence-electron chi connectivity index (χ0n) is 16.2. The predicted octanol–water partition coefficient (Wildman–Crippen LogP) is 4.42. The van der Waals surface area contributed by atoms with Crippen LogP contribution in [0.4, 0.5) is 5.69 Å². The van der Waals surface area contributed by atoms with Crippen LogP contribution in [-0.4, -0.2) is 31.2 Å². The van der Waals surface area contributed by atoms with Crippen molar-refractivity contribution >= 4 is 49.0 Å². The fourth-order valence-electron chi connectivity index (χ4n) is 2.73. The number of benzene rings is 2. The summed E-state index contributed by atoms with van der Waals surface area (Å²) in [6, 6.07) is 10.3. The number of nitrogens with zero attached hydrogens (tertiary/aromatic N) is 2. The molecular formula is C20H19BrClN3O4S. The van der Waals surface area contributed by atoms with Gasteiger partial charge in [0.05, 0.1) is 40.0 Å². The molecule has 0 aliphatic carbocycles. The van der Waals surface area contributed by atoms with Gasteiger partial charge in [0.25, 0.3) is 0 Å². The Hall–Kier alpha value is -2.36. The third-order valence-electron chi connectivity index (χ3n) is 4.33. The molecule has 30 heavy (non-hydrogen) atoms. The summed E-state index contributed by atoms with van der Waals surface area (Å²) in [5.74, 6) is -0.368. The SMILES string of the molecule is COc1cc(NC(=O)C(C)Cn2cc(Br)cn2)cc(S(=O)(=O)c2ccc(Cl)cc2)c1. The number of sulfone groups is 1. The van der Waals surface area contributed by atoms with E-state index in [9.17, 15) is 13.2 Å². The van der Waals surface area contributed by atoms with Gasteiger partial charge in [-0.05, 0) is 52.3 Å². The van der Waals surface area contributed by atoms with Gasteiger partial charge < -0.3 is 10.1 Å². The fraction of sp³-hybridized carbons (Fsp3) is 0.200. The summed E-state index contributed by atoms with van der Waals surface area (Å²) in [7, 11) is -2.39. The van der Waals surface area contributed by atoms with E-state index in [1.165, 1.54) is 43.5 Å². The molecule has 2 aromatic carbocycles. The molecule has 0 bridgehead atoms. The van der Waals surface area contributed by atoms with Gasteiger partial charge >= 0.3 is 0 Å². The van der Waals surface area contributed by atoms with Gasteiger partial charge in [-0.25, -0.2) is 8.42 Å². The average Bonchev–Trinajstić information content (AvgIpc) is 3.12. The van der Waals surface area contributed by atoms with Gasteiger partial charge in [-0.2, -0.15) is 5.10 Å². The monoisotopic (exact) mass is 511 g/mol. The van der Waals surface area contributed by atoms with E-state index in [0.717, 1.165) is 4.47 Å². The maximum absolute atomic E-state index is 13.0. The lowest BCUT2D eigenvalue weighted by Gasteiger charge is -2.14. The maximum atomic E-state index is 13.0. The van der Waals surface area contributed by atoms with Crippen molar-refractivity contribution < 1.29 is 17.9 Å². The Balaban J connectivity index is 1.85. The molecule has 1 atom stereocenters. The van der Waals surface area contributed by atoms with Crippen LogP contribution in [0.5, 0.6) is 5.75 Å². The lowest BCUT2D eigenvalue weighted by Crippen LogP contribution is -2.24. The summed E-state index contributed by atoms with van der Waals surface area (Å²) in [5.41, 5.74) is 0.320. The average molecular weight is 513 g/mol. The molecule has 7 nitrogen and oxygen atoms in total.